The first-order chi connectivity index (χ1) is 13.9. The van der Waals surface area contributed by atoms with Crippen LogP contribution in [-0.2, 0) is 31.4 Å². The molecule has 0 aliphatic rings. The molecule has 0 aromatic heterocycles. The summed E-state index contributed by atoms with van der Waals surface area (Å²) in [6, 6.07) is 0. The second-order valence-corrected chi connectivity index (χ2v) is 11.6. The van der Waals surface area contributed by atoms with E-state index in [2.05, 4.69) is 11.5 Å². The van der Waals surface area contributed by atoms with Gasteiger partial charge in [-0.1, -0.05) is 13.8 Å². The van der Waals surface area contributed by atoms with Crippen LogP contribution in [-0.4, -0.2) is 93.8 Å². The maximum Gasteiger partial charge on any atom is 0.635 e. The van der Waals surface area contributed by atoms with E-state index in [1.54, 1.807) is 4.57 Å². The number of hydrogen-bond acceptors (Lipinski definition) is 8. The number of carbonyl (C=O) groups excluding carboxylic acids is 1. The molecule has 11 heteroatoms. The van der Waals surface area contributed by atoms with Crippen LogP contribution in [0.2, 0.25) is 0 Å². The largest absolute Gasteiger partial charge is 0.635 e. The van der Waals surface area contributed by atoms with E-state index in [1.165, 1.54) is 21.3 Å². The molecule has 0 aliphatic carbocycles. The van der Waals surface area contributed by atoms with Crippen LogP contribution in [0.25, 0.3) is 0 Å². The summed E-state index contributed by atoms with van der Waals surface area (Å²) in [4.78, 5) is 13.2. The van der Waals surface area contributed by atoms with Crippen molar-refractivity contribution in [3.8, 4) is 0 Å². The smallest absolute Gasteiger partial charge is 0.361 e. The van der Waals surface area contributed by atoms with E-state index in [0.717, 1.165) is 12.8 Å². The first-order valence-electron chi connectivity index (χ1n) is 10.5. The molecule has 0 aromatic carbocycles. The summed E-state index contributed by atoms with van der Waals surface area (Å²) in [5, 5.41) is 0. The van der Waals surface area contributed by atoms with E-state index < -0.39 is 17.9 Å². The lowest BCUT2D eigenvalue weighted by Gasteiger charge is -2.38. The van der Waals surface area contributed by atoms with Crippen molar-refractivity contribution in [3.05, 3.63) is 0 Å². The monoisotopic (exact) mass is 454 g/mol. The van der Waals surface area contributed by atoms with E-state index in [4.69, 9.17) is 26.6 Å². The third kappa shape index (κ3) is 8.00. The fraction of sp³-hybridized carbons (Fsp3) is 0.944. The molecule has 0 fully saturated rings. The van der Waals surface area contributed by atoms with Crippen molar-refractivity contribution >= 4 is 23.8 Å². The van der Waals surface area contributed by atoms with Crippen LogP contribution in [0.5, 0.6) is 0 Å². The van der Waals surface area contributed by atoms with Crippen LogP contribution >= 0.6 is 0 Å². The molecule has 9 nitrogen and oxygen atoms in total. The maximum absolute atomic E-state index is 13.2. The fourth-order valence-electron chi connectivity index (χ4n) is 3.19. The Morgan fingerprint density at radius 2 is 1.14 bits per heavy atom. The molecular weight excluding hydrogens is 412 g/mol. The van der Waals surface area contributed by atoms with Crippen LogP contribution in [0.3, 0.4) is 0 Å². The summed E-state index contributed by atoms with van der Waals surface area (Å²) in [6.45, 7) is 13.0. The Kier molecular flexibility index (Phi) is 15.2. The van der Waals surface area contributed by atoms with Gasteiger partial charge in [0.25, 0.3) is 0 Å². The predicted octanol–water partition coefficient (Wildman–Crippen LogP) is 2.25. The number of carbonyl (C=O) groups is 1. The Morgan fingerprint density at radius 1 is 0.690 bits per heavy atom. The van der Waals surface area contributed by atoms with Crippen molar-refractivity contribution in [3.63, 3.8) is 0 Å². The van der Waals surface area contributed by atoms with Crippen LogP contribution in [0, 0.1) is 0 Å². The Balaban J connectivity index is 5.58. The minimum Gasteiger partial charge on any atom is -0.361 e. The van der Waals surface area contributed by atoms with Gasteiger partial charge in [0.15, 0.2) is 0 Å². The molecule has 0 atom stereocenters. The number of nitrogens with zero attached hydrogens (tertiary/aromatic N) is 2. The lowest BCUT2D eigenvalue weighted by atomic mass is 10.3. The van der Waals surface area contributed by atoms with Gasteiger partial charge >= 0.3 is 17.9 Å². The molecule has 0 aliphatic heterocycles. The van der Waals surface area contributed by atoms with E-state index in [-0.39, 0.29) is 12.3 Å². The van der Waals surface area contributed by atoms with E-state index in [0.29, 0.717) is 39.5 Å². The molecule has 0 unspecified atom stereocenters. The summed E-state index contributed by atoms with van der Waals surface area (Å²) in [5.74, 6) is -0.0856. The molecule has 0 bridgehead atoms. The predicted molar refractivity (Wildman–Crippen MR) is 116 cm³/mol. The normalized spacial score (nSPS) is 12.6. The Labute approximate surface area is 179 Å². The maximum atomic E-state index is 13.2. The molecule has 0 saturated carbocycles. The first kappa shape index (κ1) is 28.6. The summed E-state index contributed by atoms with van der Waals surface area (Å²) in [5.41, 5.74) is 0. The minimum atomic E-state index is -3.23. The second kappa shape index (κ2) is 15.4. The van der Waals surface area contributed by atoms with Gasteiger partial charge in [0.1, 0.15) is 0 Å². The Morgan fingerprint density at radius 3 is 1.48 bits per heavy atom. The van der Waals surface area contributed by atoms with Crippen molar-refractivity contribution in [2.24, 2.45) is 0 Å². The molecule has 1 amide bonds. The molecule has 29 heavy (non-hydrogen) atoms. The number of amides is 1. The molecule has 0 rings (SSSR count). The molecular formula is C18H42N2O7Si2. The zero-order chi connectivity index (χ0) is 22.3. The minimum absolute atomic E-state index is 0.0856. The topological polar surface area (TPSA) is 78.9 Å². The van der Waals surface area contributed by atoms with E-state index in [1.807, 2.05) is 27.7 Å². The molecule has 0 heterocycles. The van der Waals surface area contributed by atoms with Crippen molar-refractivity contribution < 1.29 is 31.4 Å². The van der Waals surface area contributed by atoms with Gasteiger partial charge in [-0.3, -0.25) is 9.36 Å². The highest BCUT2D eigenvalue weighted by Gasteiger charge is 2.51. The molecule has 0 N–H and O–H groups in total. The van der Waals surface area contributed by atoms with Gasteiger partial charge in [0.05, 0.1) is 0 Å². The van der Waals surface area contributed by atoms with E-state index in [9.17, 15) is 4.79 Å². The average Bonchev–Trinajstić information content (AvgIpc) is 2.72. The van der Waals surface area contributed by atoms with Crippen molar-refractivity contribution in [2.45, 2.75) is 53.9 Å². The lowest BCUT2D eigenvalue weighted by Crippen LogP contribution is -2.64. The average molecular weight is 455 g/mol. The van der Waals surface area contributed by atoms with Crippen molar-refractivity contribution in [1.29, 1.82) is 0 Å². The van der Waals surface area contributed by atoms with Gasteiger partial charge in [0, 0.05) is 60.7 Å². The molecule has 0 saturated heterocycles. The third-order valence-corrected chi connectivity index (χ3v) is 10.2. The van der Waals surface area contributed by atoms with E-state index >= 15 is 0 Å². The highest BCUT2D eigenvalue weighted by atomic mass is 28.4. The van der Waals surface area contributed by atoms with Gasteiger partial charge in [0.2, 0.25) is 5.91 Å². The second-order valence-electron chi connectivity index (χ2n) is 6.24. The standard InChI is InChI=1S/C18H42N2O7Si2/c1-9-15-19(28(25-11-3,26-12-4)27-13-5)17-14-18(21)20(16-10-2)29(22-6,23-7)24-8/h9-17H2,1-8H3. The highest BCUT2D eigenvalue weighted by molar-refractivity contribution is 6.60. The molecule has 0 spiro atoms. The van der Waals surface area contributed by atoms with Gasteiger partial charge in [-0.25, -0.2) is 0 Å². The van der Waals surface area contributed by atoms with Gasteiger partial charge in [-0.15, -0.1) is 0 Å². The Bertz CT molecular complexity index is 417. The van der Waals surface area contributed by atoms with Crippen molar-refractivity contribution in [2.75, 3.05) is 60.8 Å². The lowest BCUT2D eigenvalue weighted by molar-refractivity contribution is -0.131. The van der Waals surface area contributed by atoms with Gasteiger partial charge in [-0.05, 0) is 40.2 Å². The quantitative estimate of drug-likeness (QED) is 0.292. The van der Waals surface area contributed by atoms with Gasteiger partial charge < -0.3 is 31.1 Å². The van der Waals surface area contributed by atoms with Crippen LogP contribution in [0.1, 0.15) is 53.9 Å². The van der Waals surface area contributed by atoms with Crippen LogP contribution < -0.4 is 0 Å². The highest BCUT2D eigenvalue weighted by Crippen LogP contribution is 2.20. The van der Waals surface area contributed by atoms with Crippen LogP contribution in [0.15, 0.2) is 0 Å². The van der Waals surface area contributed by atoms with Crippen LogP contribution in [0.4, 0.5) is 0 Å². The summed E-state index contributed by atoms with van der Waals surface area (Å²) >= 11 is 0. The summed E-state index contributed by atoms with van der Waals surface area (Å²) < 4.78 is 38.4. The zero-order valence-corrected chi connectivity index (χ0v) is 21.6. The third-order valence-electron chi connectivity index (χ3n) is 4.31. The molecule has 0 radical (unpaired) electrons. The summed E-state index contributed by atoms with van der Waals surface area (Å²) in [7, 11) is -1.76. The molecule has 0 aromatic rings. The van der Waals surface area contributed by atoms with Crippen molar-refractivity contribution in [1.82, 2.24) is 9.13 Å². The zero-order valence-electron chi connectivity index (χ0n) is 19.6. The Hall–Kier alpha value is -0.376. The number of hydrogen-bond donors (Lipinski definition) is 0. The molecule has 174 valence electrons. The first-order valence-corrected chi connectivity index (χ1v) is 13.9. The van der Waals surface area contributed by atoms with Gasteiger partial charge in [-0.2, -0.15) is 0 Å². The SMILES string of the molecule is CCCN(CCC(=O)N(CCC)[Si](OC)(OC)OC)[Si](OCC)(OCC)OCC. The number of rotatable bonds is 18. The summed E-state index contributed by atoms with van der Waals surface area (Å²) in [6.07, 6.45) is 1.92. The fourth-order valence-corrected chi connectivity index (χ4v) is 8.04.